The monoisotopic (exact) mass is 275 g/mol. The number of ether oxygens (including phenoxy) is 1. The van der Waals surface area contributed by atoms with E-state index in [4.69, 9.17) is 9.84 Å². The van der Waals surface area contributed by atoms with E-state index in [0.29, 0.717) is 18.7 Å². The van der Waals surface area contributed by atoms with Gasteiger partial charge in [-0.3, -0.25) is 0 Å². The first-order valence-electron chi connectivity index (χ1n) is 6.44. The highest BCUT2D eigenvalue weighted by atomic mass is 16.5. The summed E-state index contributed by atoms with van der Waals surface area (Å²) in [6, 6.07) is 7.72. The van der Waals surface area contributed by atoms with Gasteiger partial charge in [0, 0.05) is 7.11 Å². The Labute approximate surface area is 117 Å². The molecular formula is C14H17N3O3. The summed E-state index contributed by atoms with van der Waals surface area (Å²) in [4.78, 5) is 11.1. The third kappa shape index (κ3) is 2.70. The van der Waals surface area contributed by atoms with Crippen molar-refractivity contribution in [2.45, 2.75) is 19.8 Å². The van der Waals surface area contributed by atoms with Crippen LogP contribution in [0.3, 0.4) is 0 Å². The lowest BCUT2D eigenvalue weighted by molar-refractivity contribution is 0.0689. The van der Waals surface area contributed by atoms with Gasteiger partial charge in [0.2, 0.25) is 0 Å². The van der Waals surface area contributed by atoms with Crippen LogP contribution in [0.5, 0.6) is 0 Å². The number of methoxy groups -OCH3 is 1. The van der Waals surface area contributed by atoms with E-state index in [1.807, 2.05) is 31.2 Å². The quantitative estimate of drug-likeness (QED) is 0.868. The molecule has 0 saturated carbocycles. The van der Waals surface area contributed by atoms with Crippen LogP contribution < -0.4 is 0 Å². The molecule has 0 saturated heterocycles. The number of carboxylic acid groups (broad SMARTS) is 1. The molecule has 2 aromatic rings. The fourth-order valence-corrected chi connectivity index (χ4v) is 2.12. The molecule has 0 amide bonds. The molecule has 0 spiro atoms. The highest BCUT2D eigenvalue weighted by Crippen LogP contribution is 2.18. The molecule has 0 fully saturated rings. The van der Waals surface area contributed by atoms with Crippen LogP contribution in [0.4, 0.5) is 0 Å². The number of benzene rings is 1. The average molecular weight is 275 g/mol. The normalized spacial score (nSPS) is 10.7. The van der Waals surface area contributed by atoms with Gasteiger partial charge in [0.25, 0.3) is 0 Å². The third-order valence-corrected chi connectivity index (χ3v) is 3.10. The Morgan fingerprint density at radius 1 is 1.40 bits per heavy atom. The summed E-state index contributed by atoms with van der Waals surface area (Å²) in [6.07, 6.45) is 1.28. The fraction of sp³-hybridized carbons (Fsp3) is 0.357. The van der Waals surface area contributed by atoms with Gasteiger partial charge in [-0.25, -0.2) is 9.48 Å². The van der Waals surface area contributed by atoms with Gasteiger partial charge < -0.3 is 9.84 Å². The number of aromatic nitrogens is 3. The Kier molecular flexibility index (Phi) is 4.47. The van der Waals surface area contributed by atoms with E-state index in [1.54, 1.807) is 11.8 Å². The first-order valence-corrected chi connectivity index (χ1v) is 6.44. The largest absolute Gasteiger partial charge is 0.476 e. The van der Waals surface area contributed by atoms with Crippen LogP contribution in [0.15, 0.2) is 24.3 Å². The molecule has 0 atom stereocenters. The summed E-state index contributed by atoms with van der Waals surface area (Å²) in [5, 5.41) is 16.9. The van der Waals surface area contributed by atoms with E-state index in [-0.39, 0.29) is 5.69 Å². The van der Waals surface area contributed by atoms with Crippen LogP contribution >= 0.6 is 0 Å². The molecule has 1 aromatic heterocycles. The predicted octanol–water partition coefficient (Wildman–Crippen LogP) is 1.72. The summed E-state index contributed by atoms with van der Waals surface area (Å²) in [7, 11) is 1.65. The summed E-state index contributed by atoms with van der Waals surface area (Å²) in [5.41, 5.74) is 2.50. The predicted molar refractivity (Wildman–Crippen MR) is 73.3 cm³/mol. The molecule has 0 unspecified atom stereocenters. The molecule has 6 heteroatoms. The maximum Gasteiger partial charge on any atom is 0.358 e. The number of carbonyl (C=O) groups is 1. The van der Waals surface area contributed by atoms with Crippen molar-refractivity contribution in [2.24, 2.45) is 0 Å². The van der Waals surface area contributed by atoms with E-state index >= 15 is 0 Å². The van der Waals surface area contributed by atoms with E-state index in [0.717, 1.165) is 17.7 Å². The number of para-hydroxylation sites is 1. The summed E-state index contributed by atoms with van der Waals surface area (Å²) >= 11 is 0. The number of hydrogen-bond donors (Lipinski definition) is 1. The smallest absolute Gasteiger partial charge is 0.358 e. The molecule has 0 bridgehead atoms. The van der Waals surface area contributed by atoms with Gasteiger partial charge in [0.15, 0.2) is 5.69 Å². The number of nitrogens with zero attached hydrogens (tertiary/aromatic N) is 3. The SMILES string of the molecule is CCc1c(C(=O)O)nnn1-c1ccccc1CCOC. The number of aromatic carboxylic acids is 1. The zero-order valence-corrected chi connectivity index (χ0v) is 11.5. The molecule has 2 rings (SSSR count). The molecular weight excluding hydrogens is 258 g/mol. The molecule has 1 aromatic carbocycles. The lowest BCUT2D eigenvalue weighted by Crippen LogP contribution is -2.09. The van der Waals surface area contributed by atoms with Crippen molar-refractivity contribution >= 4 is 5.97 Å². The van der Waals surface area contributed by atoms with Crippen molar-refractivity contribution in [1.29, 1.82) is 0 Å². The zero-order valence-electron chi connectivity index (χ0n) is 11.5. The van der Waals surface area contributed by atoms with Gasteiger partial charge in [0.05, 0.1) is 18.0 Å². The third-order valence-electron chi connectivity index (χ3n) is 3.10. The van der Waals surface area contributed by atoms with Crippen molar-refractivity contribution in [1.82, 2.24) is 15.0 Å². The average Bonchev–Trinajstić information content (AvgIpc) is 2.89. The minimum absolute atomic E-state index is 0.00837. The lowest BCUT2D eigenvalue weighted by atomic mass is 10.1. The van der Waals surface area contributed by atoms with Crippen molar-refractivity contribution in [3.05, 3.63) is 41.2 Å². The molecule has 1 heterocycles. The van der Waals surface area contributed by atoms with Crippen LogP contribution in [0, 0.1) is 0 Å². The molecule has 0 radical (unpaired) electrons. The second-order valence-corrected chi connectivity index (χ2v) is 4.33. The van der Waals surface area contributed by atoms with Crippen LogP contribution in [0.2, 0.25) is 0 Å². The van der Waals surface area contributed by atoms with Gasteiger partial charge in [-0.2, -0.15) is 0 Å². The van der Waals surface area contributed by atoms with Gasteiger partial charge in [-0.1, -0.05) is 30.3 Å². The van der Waals surface area contributed by atoms with E-state index in [9.17, 15) is 4.79 Å². The van der Waals surface area contributed by atoms with Gasteiger partial charge in [-0.05, 0) is 24.5 Å². The second-order valence-electron chi connectivity index (χ2n) is 4.33. The molecule has 106 valence electrons. The fourth-order valence-electron chi connectivity index (χ4n) is 2.12. The summed E-state index contributed by atoms with van der Waals surface area (Å²) < 4.78 is 6.70. The van der Waals surface area contributed by atoms with E-state index in [2.05, 4.69) is 10.3 Å². The van der Waals surface area contributed by atoms with Crippen molar-refractivity contribution in [2.75, 3.05) is 13.7 Å². The van der Waals surface area contributed by atoms with Crippen molar-refractivity contribution in [3.63, 3.8) is 0 Å². The molecule has 0 aliphatic heterocycles. The zero-order chi connectivity index (χ0) is 14.5. The van der Waals surface area contributed by atoms with Gasteiger partial charge >= 0.3 is 5.97 Å². The molecule has 6 nitrogen and oxygen atoms in total. The summed E-state index contributed by atoms with van der Waals surface area (Å²) in [5.74, 6) is -1.05. The first-order chi connectivity index (χ1) is 9.69. The molecule has 1 N–H and O–H groups in total. The Bertz CT molecular complexity index is 607. The lowest BCUT2D eigenvalue weighted by Gasteiger charge is -2.11. The minimum atomic E-state index is -1.05. The Balaban J connectivity index is 2.48. The maximum atomic E-state index is 11.1. The minimum Gasteiger partial charge on any atom is -0.476 e. The van der Waals surface area contributed by atoms with Crippen molar-refractivity contribution in [3.8, 4) is 5.69 Å². The topological polar surface area (TPSA) is 77.2 Å². The van der Waals surface area contributed by atoms with Gasteiger partial charge in [-0.15, -0.1) is 5.10 Å². The van der Waals surface area contributed by atoms with Crippen LogP contribution in [0.1, 0.15) is 28.7 Å². The number of carboxylic acids is 1. The Morgan fingerprint density at radius 3 is 2.80 bits per heavy atom. The Morgan fingerprint density at radius 2 is 2.15 bits per heavy atom. The molecule has 20 heavy (non-hydrogen) atoms. The van der Waals surface area contributed by atoms with Crippen LogP contribution in [-0.4, -0.2) is 39.8 Å². The highest BCUT2D eigenvalue weighted by Gasteiger charge is 2.19. The number of rotatable bonds is 6. The molecule has 0 aliphatic carbocycles. The van der Waals surface area contributed by atoms with Gasteiger partial charge in [0.1, 0.15) is 0 Å². The summed E-state index contributed by atoms with van der Waals surface area (Å²) in [6.45, 7) is 2.48. The van der Waals surface area contributed by atoms with Crippen LogP contribution in [0.25, 0.3) is 5.69 Å². The van der Waals surface area contributed by atoms with E-state index in [1.165, 1.54) is 0 Å². The van der Waals surface area contributed by atoms with E-state index < -0.39 is 5.97 Å². The number of hydrogen-bond acceptors (Lipinski definition) is 4. The Hall–Kier alpha value is -2.21. The van der Waals surface area contributed by atoms with Crippen LogP contribution in [-0.2, 0) is 17.6 Å². The standard InChI is InChI=1S/C14H17N3O3/c1-3-11-13(14(18)19)15-16-17(11)12-7-5-4-6-10(12)8-9-20-2/h4-7H,3,8-9H2,1-2H3,(H,18,19). The molecule has 0 aliphatic rings. The van der Waals surface area contributed by atoms with Crippen molar-refractivity contribution < 1.29 is 14.6 Å². The highest BCUT2D eigenvalue weighted by molar-refractivity contribution is 5.86. The maximum absolute atomic E-state index is 11.1. The second kappa shape index (κ2) is 6.29. The first kappa shape index (κ1) is 14.2.